The van der Waals surface area contributed by atoms with Gasteiger partial charge in [-0.25, -0.2) is 4.98 Å². The number of nitrogens with zero attached hydrogens (tertiary/aromatic N) is 2. The minimum absolute atomic E-state index is 0.0272. The molecule has 1 saturated carbocycles. The Labute approximate surface area is 95.5 Å². The molecule has 1 aromatic rings. The van der Waals surface area contributed by atoms with Gasteiger partial charge in [0.25, 0.3) is 5.91 Å². The molecular weight excluding hydrogens is 202 g/mol. The van der Waals surface area contributed by atoms with Crippen LogP contribution >= 0.6 is 0 Å². The molecule has 1 aliphatic carbocycles. The number of nitrogen functional groups attached to an aromatic ring is 1. The molecule has 0 aliphatic heterocycles. The van der Waals surface area contributed by atoms with Crippen molar-refractivity contribution in [1.29, 1.82) is 0 Å². The minimum atomic E-state index is 0.0272. The van der Waals surface area contributed by atoms with Crippen LogP contribution in [-0.2, 0) is 0 Å². The van der Waals surface area contributed by atoms with Crippen LogP contribution in [0.2, 0.25) is 0 Å². The summed E-state index contributed by atoms with van der Waals surface area (Å²) < 4.78 is 0. The number of carbonyl (C=O) groups excluding carboxylic acids is 1. The van der Waals surface area contributed by atoms with Crippen molar-refractivity contribution in [3.8, 4) is 0 Å². The van der Waals surface area contributed by atoms with Crippen molar-refractivity contribution in [1.82, 2.24) is 9.88 Å². The van der Waals surface area contributed by atoms with E-state index in [-0.39, 0.29) is 5.91 Å². The number of carbonyl (C=O) groups is 1. The van der Waals surface area contributed by atoms with Gasteiger partial charge in [0, 0.05) is 19.8 Å². The molecule has 4 nitrogen and oxygen atoms in total. The summed E-state index contributed by atoms with van der Waals surface area (Å²) in [4.78, 5) is 17.7. The number of hydrogen-bond acceptors (Lipinski definition) is 3. The van der Waals surface area contributed by atoms with Crippen LogP contribution in [0.5, 0.6) is 0 Å². The summed E-state index contributed by atoms with van der Waals surface area (Å²) in [6.45, 7) is 0.850. The third-order valence-electron chi connectivity index (χ3n) is 3.14. The third-order valence-corrected chi connectivity index (χ3v) is 3.14. The van der Waals surface area contributed by atoms with Crippen molar-refractivity contribution in [2.45, 2.75) is 19.3 Å². The van der Waals surface area contributed by atoms with Crippen molar-refractivity contribution in [2.24, 2.45) is 5.92 Å². The molecule has 0 spiro atoms. The number of hydrogen-bond donors (Lipinski definition) is 1. The quantitative estimate of drug-likeness (QED) is 0.838. The van der Waals surface area contributed by atoms with Crippen LogP contribution in [0.25, 0.3) is 0 Å². The van der Waals surface area contributed by atoms with Crippen LogP contribution in [0, 0.1) is 5.92 Å². The summed E-state index contributed by atoms with van der Waals surface area (Å²) >= 11 is 0. The number of nitrogens with two attached hydrogens (primary N) is 1. The molecule has 2 rings (SSSR count). The maximum atomic E-state index is 12.0. The Balaban J connectivity index is 1.97. The standard InChI is InChI=1S/C12H17N3O/c1-15(8-9-3-2-4-9)12(16)10-5-6-11(13)14-7-10/h5-7,9H,2-4,8H2,1H3,(H2,13,14). The van der Waals surface area contributed by atoms with Crippen LogP contribution in [0.1, 0.15) is 29.6 Å². The molecular formula is C12H17N3O. The lowest BCUT2D eigenvalue weighted by molar-refractivity contribution is 0.0745. The highest BCUT2D eigenvalue weighted by molar-refractivity contribution is 5.93. The largest absolute Gasteiger partial charge is 0.384 e. The zero-order chi connectivity index (χ0) is 11.5. The van der Waals surface area contributed by atoms with Crippen molar-refractivity contribution in [3.05, 3.63) is 23.9 Å². The molecule has 1 fully saturated rings. The Morgan fingerprint density at radius 2 is 2.31 bits per heavy atom. The first-order valence-electron chi connectivity index (χ1n) is 5.64. The first kappa shape index (κ1) is 10.9. The molecule has 1 aromatic heterocycles. The lowest BCUT2D eigenvalue weighted by Crippen LogP contribution is -2.34. The Morgan fingerprint density at radius 1 is 1.56 bits per heavy atom. The average molecular weight is 219 g/mol. The van der Waals surface area contributed by atoms with Crippen molar-refractivity contribution < 1.29 is 4.79 Å². The molecule has 86 valence electrons. The summed E-state index contributed by atoms with van der Waals surface area (Å²) in [6.07, 6.45) is 5.33. The molecule has 16 heavy (non-hydrogen) atoms. The number of rotatable bonds is 3. The van der Waals surface area contributed by atoms with E-state index in [1.54, 1.807) is 17.0 Å². The molecule has 1 aliphatic rings. The highest BCUT2D eigenvalue weighted by Crippen LogP contribution is 2.27. The van der Waals surface area contributed by atoms with Gasteiger partial charge in [0.05, 0.1) is 5.56 Å². The van der Waals surface area contributed by atoms with Crippen molar-refractivity contribution in [2.75, 3.05) is 19.3 Å². The van der Waals surface area contributed by atoms with Crippen LogP contribution in [0.4, 0.5) is 5.82 Å². The van der Waals surface area contributed by atoms with Crippen molar-refractivity contribution in [3.63, 3.8) is 0 Å². The molecule has 0 saturated heterocycles. The number of amides is 1. The van der Waals surface area contributed by atoms with Gasteiger partial charge in [-0.3, -0.25) is 4.79 Å². The summed E-state index contributed by atoms with van der Waals surface area (Å²) in [5.74, 6) is 1.16. The van der Waals surface area contributed by atoms with Gasteiger partial charge >= 0.3 is 0 Å². The first-order chi connectivity index (χ1) is 7.66. The lowest BCUT2D eigenvalue weighted by Gasteiger charge is -2.30. The second kappa shape index (κ2) is 4.51. The highest BCUT2D eigenvalue weighted by atomic mass is 16.2. The monoisotopic (exact) mass is 219 g/mol. The van der Waals surface area contributed by atoms with Gasteiger partial charge in [0.2, 0.25) is 0 Å². The second-order valence-electron chi connectivity index (χ2n) is 4.45. The van der Waals surface area contributed by atoms with E-state index >= 15 is 0 Å². The van der Waals surface area contributed by atoms with Gasteiger partial charge in [0.1, 0.15) is 5.82 Å². The zero-order valence-electron chi connectivity index (χ0n) is 9.52. The molecule has 0 aromatic carbocycles. The predicted molar refractivity (Wildman–Crippen MR) is 63.0 cm³/mol. The molecule has 1 heterocycles. The Kier molecular flexibility index (Phi) is 3.08. The lowest BCUT2D eigenvalue weighted by atomic mass is 9.85. The van der Waals surface area contributed by atoms with E-state index in [0.717, 1.165) is 6.54 Å². The molecule has 4 heteroatoms. The van der Waals surface area contributed by atoms with Gasteiger partial charge in [-0.2, -0.15) is 0 Å². The first-order valence-corrected chi connectivity index (χ1v) is 5.64. The normalized spacial score (nSPS) is 15.6. The molecule has 1 amide bonds. The van der Waals surface area contributed by atoms with Crippen LogP contribution in [0.15, 0.2) is 18.3 Å². The van der Waals surface area contributed by atoms with Gasteiger partial charge in [-0.05, 0) is 30.9 Å². The zero-order valence-corrected chi connectivity index (χ0v) is 9.52. The van der Waals surface area contributed by atoms with Gasteiger partial charge in [0.15, 0.2) is 0 Å². The van der Waals surface area contributed by atoms with E-state index in [2.05, 4.69) is 4.98 Å². The smallest absolute Gasteiger partial charge is 0.255 e. The second-order valence-corrected chi connectivity index (χ2v) is 4.45. The topological polar surface area (TPSA) is 59.2 Å². The van der Waals surface area contributed by atoms with E-state index in [9.17, 15) is 4.79 Å². The van der Waals surface area contributed by atoms with E-state index in [4.69, 9.17) is 5.73 Å². The molecule has 0 bridgehead atoms. The number of pyridine rings is 1. The molecule has 0 radical (unpaired) electrons. The number of anilines is 1. The van der Waals surface area contributed by atoms with Crippen LogP contribution < -0.4 is 5.73 Å². The van der Waals surface area contributed by atoms with E-state index in [1.165, 1.54) is 25.5 Å². The Morgan fingerprint density at radius 3 is 2.81 bits per heavy atom. The fraction of sp³-hybridized carbons (Fsp3) is 0.500. The van der Waals surface area contributed by atoms with E-state index < -0.39 is 0 Å². The summed E-state index contributed by atoms with van der Waals surface area (Å²) in [5.41, 5.74) is 6.09. The van der Waals surface area contributed by atoms with Crippen molar-refractivity contribution >= 4 is 11.7 Å². The van der Waals surface area contributed by atoms with Crippen LogP contribution in [0.3, 0.4) is 0 Å². The fourth-order valence-corrected chi connectivity index (χ4v) is 1.90. The highest BCUT2D eigenvalue weighted by Gasteiger charge is 2.21. The van der Waals surface area contributed by atoms with E-state index in [0.29, 0.717) is 17.3 Å². The minimum Gasteiger partial charge on any atom is -0.384 e. The average Bonchev–Trinajstić information content (AvgIpc) is 2.23. The molecule has 0 atom stereocenters. The van der Waals surface area contributed by atoms with Gasteiger partial charge in [-0.1, -0.05) is 6.42 Å². The Hall–Kier alpha value is -1.58. The predicted octanol–water partition coefficient (Wildman–Crippen LogP) is 1.54. The summed E-state index contributed by atoms with van der Waals surface area (Å²) in [5, 5.41) is 0. The molecule has 2 N–H and O–H groups in total. The summed E-state index contributed by atoms with van der Waals surface area (Å²) in [6, 6.07) is 3.38. The maximum absolute atomic E-state index is 12.0. The molecule has 0 unspecified atom stereocenters. The SMILES string of the molecule is CN(CC1CCC1)C(=O)c1ccc(N)nc1. The summed E-state index contributed by atoms with van der Waals surface area (Å²) in [7, 11) is 1.84. The third kappa shape index (κ3) is 2.32. The van der Waals surface area contributed by atoms with Crippen LogP contribution in [-0.4, -0.2) is 29.4 Å². The Bertz CT molecular complexity index is 370. The maximum Gasteiger partial charge on any atom is 0.255 e. The van der Waals surface area contributed by atoms with E-state index in [1.807, 2.05) is 7.05 Å². The van der Waals surface area contributed by atoms with Gasteiger partial charge in [-0.15, -0.1) is 0 Å². The number of aromatic nitrogens is 1. The fourth-order valence-electron chi connectivity index (χ4n) is 1.90. The van der Waals surface area contributed by atoms with Gasteiger partial charge < -0.3 is 10.6 Å².